The Hall–Kier alpha value is -0.880. The van der Waals surface area contributed by atoms with Gasteiger partial charge in [-0.25, -0.2) is 0 Å². The lowest BCUT2D eigenvalue weighted by atomic mass is 9.92. The highest BCUT2D eigenvalue weighted by Crippen LogP contribution is 2.30. The Bertz CT molecular complexity index is 445. The molecule has 0 aliphatic carbocycles. The third-order valence-electron chi connectivity index (χ3n) is 4.64. The number of furan rings is 1. The zero-order valence-electron chi connectivity index (χ0n) is 12.5. The molecule has 1 aromatic rings. The summed E-state index contributed by atoms with van der Waals surface area (Å²) in [7, 11) is 0. The van der Waals surface area contributed by atoms with Crippen LogP contribution in [0.15, 0.2) is 16.5 Å². The Morgan fingerprint density at radius 1 is 1.24 bits per heavy atom. The molecule has 3 rings (SSSR count). The molecule has 0 aromatic carbocycles. The normalized spacial score (nSPS) is 26.9. The van der Waals surface area contributed by atoms with Gasteiger partial charge in [0.15, 0.2) is 0 Å². The van der Waals surface area contributed by atoms with Crippen LogP contribution in [0.2, 0.25) is 0 Å². The second-order valence-electron chi connectivity index (χ2n) is 6.32. The SMILES string of the molecule is OCC1(O)CCN(Cc2ccc([C@@H]3CCCCO3)o2)CC1. The Labute approximate surface area is 125 Å². The number of hydrogen-bond donors (Lipinski definition) is 2. The van der Waals surface area contributed by atoms with Crippen LogP contribution in [0.1, 0.15) is 49.7 Å². The van der Waals surface area contributed by atoms with E-state index in [1.165, 1.54) is 6.42 Å². The topological polar surface area (TPSA) is 66.1 Å². The molecular weight excluding hydrogens is 270 g/mol. The number of rotatable bonds is 4. The molecule has 0 unspecified atom stereocenters. The highest BCUT2D eigenvalue weighted by molar-refractivity contribution is 5.10. The molecule has 2 N–H and O–H groups in total. The van der Waals surface area contributed by atoms with Crippen molar-refractivity contribution in [2.75, 3.05) is 26.3 Å². The number of aliphatic hydroxyl groups excluding tert-OH is 1. The van der Waals surface area contributed by atoms with E-state index >= 15 is 0 Å². The van der Waals surface area contributed by atoms with E-state index in [-0.39, 0.29) is 12.7 Å². The lowest BCUT2D eigenvalue weighted by molar-refractivity contribution is -0.0616. The zero-order valence-corrected chi connectivity index (χ0v) is 12.5. The van der Waals surface area contributed by atoms with Crippen LogP contribution in [0, 0.1) is 0 Å². The van der Waals surface area contributed by atoms with Crippen molar-refractivity contribution < 1.29 is 19.4 Å². The fourth-order valence-electron chi connectivity index (χ4n) is 3.12. The number of piperidine rings is 1. The monoisotopic (exact) mass is 295 g/mol. The second-order valence-corrected chi connectivity index (χ2v) is 6.32. The maximum atomic E-state index is 10.0. The Morgan fingerprint density at radius 2 is 2.05 bits per heavy atom. The van der Waals surface area contributed by atoms with Crippen molar-refractivity contribution in [2.45, 2.75) is 50.4 Å². The van der Waals surface area contributed by atoms with E-state index in [0.717, 1.165) is 50.6 Å². The molecule has 0 amide bonds. The van der Waals surface area contributed by atoms with Gasteiger partial charge in [0.2, 0.25) is 0 Å². The molecule has 0 spiro atoms. The number of likely N-dealkylation sites (tertiary alicyclic amines) is 1. The summed E-state index contributed by atoms with van der Waals surface area (Å²) in [6.07, 6.45) is 4.73. The first-order valence-corrected chi connectivity index (χ1v) is 7.94. The molecule has 2 saturated heterocycles. The summed E-state index contributed by atoms with van der Waals surface area (Å²) in [4.78, 5) is 2.26. The van der Waals surface area contributed by atoms with Gasteiger partial charge < -0.3 is 19.4 Å². The van der Waals surface area contributed by atoms with Gasteiger partial charge in [-0.1, -0.05) is 0 Å². The largest absolute Gasteiger partial charge is 0.462 e. The van der Waals surface area contributed by atoms with Crippen molar-refractivity contribution in [1.82, 2.24) is 4.90 Å². The molecular formula is C16H25NO4. The molecule has 1 atom stereocenters. The van der Waals surface area contributed by atoms with Gasteiger partial charge in [0.05, 0.1) is 18.8 Å². The fraction of sp³-hybridized carbons (Fsp3) is 0.750. The van der Waals surface area contributed by atoms with Crippen molar-refractivity contribution in [2.24, 2.45) is 0 Å². The summed E-state index contributed by atoms with van der Waals surface area (Å²) in [6, 6.07) is 4.06. The Balaban J connectivity index is 1.53. The van der Waals surface area contributed by atoms with Crippen LogP contribution < -0.4 is 0 Å². The van der Waals surface area contributed by atoms with Crippen LogP contribution >= 0.6 is 0 Å². The van der Waals surface area contributed by atoms with E-state index in [1.807, 2.05) is 12.1 Å². The predicted octanol–water partition coefficient (Wildman–Crippen LogP) is 1.84. The molecule has 21 heavy (non-hydrogen) atoms. The standard InChI is InChI=1S/C16H25NO4/c18-12-16(19)6-8-17(9-7-16)11-13-4-5-15(21-13)14-3-1-2-10-20-14/h4-5,14,18-19H,1-3,6-12H2/t14-/m0/s1. The van der Waals surface area contributed by atoms with Crippen LogP contribution in [0.25, 0.3) is 0 Å². The van der Waals surface area contributed by atoms with Crippen molar-refractivity contribution >= 4 is 0 Å². The molecule has 0 radical (unpaired) electrons. The number of nitrogens with zero attached hydrogens (tertiary/aromatic N) is 1. The Morgan fingerprint density at radius 3 is 2.71 bits per heavy atom. The lowest BCUT2D eigenvalue weighted by Crippen LogP contribution is -2.46. The smallest absolute Gasteiger partial charge is 0.133 e. The first kappa shape index (κ1) is 15.0. The highest BCUT2D eigenvalue weighted by Gasteiger charge is 2.31. The minimum absolute atomic E-state index is 0.119. The Kier molecular flexibility index (Phi) is 4.64. The predicted molar refractivity (Wildman–Crippen MR) is 77.8 cm³/mol. The summed E-state index contributed by atoms with van der Waals surface area (Å²) >= 11 is 0. The van der Waals surface area contributed by atoms with Crippen LogP contribution in [0.4, 0.5) is 0 Å². The highest BCUT2D eigenvalue weighted by atomic mass is 16.5. The fourth-order valence-corrected chi connectivity index (χ4v) is 3.12. The van der Waals surface area contributed by atoms with Gasteiger partial charge in [0, 0.05) is 19.7 Å². The maximum absolute atomic E-state index is 10.0. The first-order valence-electron chi connectivity index (χ1n) is 7.94. The van der Waals surface area contributed by atoms with Gasteiger partial charge in [-0.15, -0.1) is 0 Å². The van der Waals surface area contributed by atoms with Crippen molar-refractivity contribution in [3.05, 3.63) is 23.7 Å². The average molecular weight is 295 g/mol. The quantitative estimate of drug-likeness (QED) is 0.887. The van der Waals surface area contributed by atoms with Crippen LogP contribution in [0.3, 0.4) is 0 Å². The summed E-state index contributed by atoms with van der Waals surface area (Å²) in [6.45, 7) is 3.01. The minimum atomic E-state index is -0.888. The summed E-state index contributed by atoms with van der Waals surface area (Å²) in [5, 5.41) is 19.2. The average Bonchev–Trinajstić information content (AvgIpc) is 2.99. The molecule has 2 aliphatic rings. The zero-order chi connectivity index (χ0) is 14.7. The third kappa shape index (κ3) is 3.66. The molecule has 5 nitrogen and oxygen atoms in total. The van der Waals surface area contributed by atoms with E-state index in [0.29, 0.717) is 12.8 Å². The second kappa shape index (κ2) is 6.48. The van der Waals surface area contributed by atoms with E-state index in [2.05, 4.69) is 4.90 Å². The number of ether oxygens (including phenoxy) is 1. The molecule has 2 aliphatic heterocycles. The number of aliphatic hydroxyl groups is 2. The van der Waals surface area contributed by atoms with E-state index < -0.39 is 5.60 Å². The lowest BCUT2D eigenvalue weighted by Gasteiger charge is -2.36. The van der Waals surface area contributed by atoms with Crippen LogP contribution in [0.5, 0.6) is 0 Å². The third-order valence-corrected chi connectivity index (χ3v) is 4.64. The molecule has 3 heterocycles. The maximum Gasteiger partial charge on any atom is 0.133 e. The first-order chi connectivity index (χ1) is 10.2. The van der Waals surface area contributed by atoms with Gasteiger partial charge in [0.25, 0.3) is 0 Å². The van der Waals surface area contributed by atoms with Gasteiger partial charge in [0.1, 0.15) is 17.6 Å². The van der Waals surface area contributed by atoms with Crippen molar-refractivity contribution in [3.8, 4) is 0 Å². The molecule has 1 aromatic heterocycles. The molecule has 118 valence electrons. The summed E-state index contributed by atoms with van der Waals surface area (Å²) in [5.74, 6) is 1.89. The minimum Gasteiger partial charge on any atom is -0.462 e. The molecule has 5 heteroatoms. The van der Waals surface area contributed by atoms with Crippen LogP contribution in [-0.2, 0) is 11.3 Å². The van der Waals surface area contributed by atoms with Crippen molar-refractivity contribution in [3.63, 3.8) is 0 Å². The van der Waals surface area contributed by atoms with Gasteiger partial charge >= 0.3 is 0 Å². The molecule has 2 fully saturated rings. The van der Waals surface area contributed by atoms with Gasteiger partial charge in [-0.05, 0) is 44.2 Å². The van der Waals surface area contributed by atoms with Crippen LogP contribution in [-0.4, -0.2) is 47.0 Å². The molecule has 0 bridgehead atoms. The summed E-state index contributed by atoms with van der Waals surface area (Å²) < 4.78 is 11.7. The number of hydrogen-bond acceptors (Lipinski definition) is 5. The molecule has 0 saturated carbocycles. The van der Waals surface area contributed by atoms with E-state index in [4.69, 9.17) is 9.15 Å². The van der Waals surface area contributed by atoms with Crippen molar-refractivity contribution in [1.29, 1.82) is 0 Å². The van der Waals surface area contributed by atoms with Gasteiger partial charge in [-0.3, -0.25) is 4.90 Å². The summed E-state index contributed by atoms with van der Waals surface area (Å²) in [5.41, 5.74) is -0.888. The van der Waals surface area contributed by atoms with E-state index in [9.17, 15) is 10.2 Å². The van der Waals surface area contributed by atoms with E-state index in [1.54, 1.807) is 0 Å². The van der Waals surface area contributed by atoms with Gasteiger partial charge in [-0.2, -0.15) is 0 Å².